The van der Waals surface area contributed by atoms with Gasteiger partial charge in [-0.1, -0.05) is 17.4 Å². The Morgan fingerprint density at radius 2 is 2.05 bits per heavy atom. The molecule has 1 saturated heterocycles. The van der Waals surface area contributed by atoms with Crippen molar-refractivity contribution in [2.45, 2.75) is 19.2 Å². The predicted molar refractivity (Wildman–Crippen MR) is 142 cm³/mol. The summed E-state index contributed by atoms with van der Waals surface area (Å²) in [5.41, 5.74) is -0.171. The highest BCUT2D eigenvalue weighted by Crippen LogP contribution is 2.36. The normalized spacial score (nSPS) is 15.5. The summed E-state index contributed by atoms with van der Waals surface area (Å²) in [6.07, 6.45) is -5.21. The Morgan fingerprint density at radius 3 is 2.80 bits per heavy atom. The molecular weight excluding hydrogens is 567 g/mol. The van der Waals surface area contributed by atoms with Crippen LogP contribution in [0.5, 0.6) is 11.6 Å². The Hall–Kier alpha value is -4.57. The number of anilines is 2. The molecular formula is C25H22F3N7O5S. The first-order chi connectivity index (χ1) is 19.6. The summed E-state index contributed by atoms with van der Waals surface area (Å²) in [4.78, 5) is 40.4. The van der Waals surface area contributed by atoms with Crippen LogP contribution in [0.2, 0.25) is 0 Å². The number of ether oxygens (including phenoxy) is 2. The van der Waals surface area contributed by atoms with E-state index >= 15 is 0 Å². The zero-order valence-corrected chi connectivity index (χ0v) is 22.1. The van der Waals surface area contributed by atoms with Crippen molar-refractivity contribution in [2.24, 2.45) is 0 Å². The lowest BCUT2D eigenvalue weighted by Crippen LogP contribution is -2.47. The third-order valence-electron chi connectivity index (χ3n) is 5.89. The molecule has 214 valence electrons. The fourth-order valence-corrected chi connectivity index (χ4v) is 4.98. The predicted octanol–water partition coefficient (Wildman–Crippen LogP) is 4.71. The lowest BCUT2D eigenvalue weighted by Gasteiger charge is -2.31. The summed E-state index contributed by atoms with van der Waals surface area (Å²) in [7, 11) is 0. The van der Waals surface area contributed by atoms with Crippen molar-refractivity contribution in [1.82, 2.24) is 24.8 Å². The summed E-state index contributed by atoms with van der Waals surface area (Å²) in [6.45, 7) is 1.78. The van der Waals surface area contributed by atoms with Crippen molar-refractivity contribution in [2.75, 3.05) is 36.9 Å². The highest BCUT2D eigenvalue weighted by Gasteiger charge is 2.33. The fourth-order valence-electron chi connectivity index (χ4n) is 4.05. The number of morpholine rings is 1. The Kier molecular flexibility index (Phi) is 7.85. The van der Waals surface area contributed by atoms with Crippen LogP contribution < -0.4 is 15.4 Å². The van der Waals surface area contributed by atoms with Gasteiger partial charge in [0.2, 0.25) is 11.8 Å². The molecule has 0 bridgehead atoms. The van der Waals surface area contributed by atoms with Crippen LogP contribution in [0.15, 0.2) is 42.7 Å². The van der Waals surface area contributed by atoms with Gasteiger partial charge in [-0.25, -0.2) is 24.7 Å². The smallest absolute Gasteiger partial charge is 0.433 e. The average Bonchev–Trinajstić information content (AvgIpc) is 3.34. The van der Waals surface area contributed by atoms with Crippen molar-refractivity contribution in [3.8, 4) is 22.9 Å². The van der Waals surface area contributed by atoms with Crippen LogP contribution in [0, 0.1) is 0 Å². The van der Waals surface area contributed by atoms with E-state index in [1.54, 1.807) is 12.1 Å². The Balaban J connectivity index is 1.42. The number of carboxylic acid groups (broad SMARTS) is 1. The highest BCUT2D eigenvalue weighted by molar-refractivity contribution is 7.22. The van der Waals surface area contributed by atoms with E-state index in [1.807, 2.05) is 6.07 Å². The molecule has 1 unspecified atom stereocenters. The number of pyridine rings is 1. The molecule has 16 heteroatoms. The second kappa shape index (κ2) is 11.5. The second-order valence-electron chi connectivity index (χ2n) is 8.84. The maximum atomic E-state index is 13.5. The van der Waals surface area contributed by atoms with Crippen molar-refractivity contribution in [3.63, 3.8) is 0 Å². The number of hydrogen-bond acceptors (Lipinski definition) is 10. The minimum Gasteiger partial charge on any atom is -0.465 e. The molecule has 3 aromatic heterocycles. The van der Waals surface area contributed by atoms with Crippen LogP contribution in [-0.2, 0) is 15.7 Å². The van der Waals surface area contributed by atoms with E-state index in [9.17, 15) is 27.9 Å². The summed E-state index contributed by atoms with van der Waals surface area (Å²) in [5, 5.41) is 15.1. The molecule has 12 nitrogen and oxygen atoms in total. The summed E-state index contributed by atoms with van der Waals surface area (Å²) in [5.74, 6) is 0.0503. The number of nitrogens with one attached hydrogen (secondary N) is 2. The molecule has 1 aliphatic heterocycles. The lowest BCUT2D eigenvalue weighted by molar-refractivity contribution is -0.141. The van der Waals surface area contributed by atoms with Gasteiger partial charge in [0.15, 0.2) is 10.9 Å². The molecule has 4 aromatic rings. The monoisotopic (exact) mass is 589 g/mol. The maximum absolute atomic E-state index is 13.5. The van der Waals surface area contributed by atoms with Crippen LogP contribution in [-0.4, -0.2) is 74.3 Å². The van der Waals surface area contributed by atoms with Gasteiger partial charge in [0, 0.05) is 31.6 Å². The second-order valence-corrected chi connectivity index (χ2v) is 9.87. The molecule has 41 heavy (non-hydrogen) atoms. The van der Waals surface area contributed by atoms with Crippen LogP contribution in [0.1, 0.15) is 12.6 Å². The topological polar surface area (TPSA) is 152 Å². The molecule has 0 saturated carbocycles. The number of benzene rings is 1. The van der Waals surface area contributed by atoms with E-state index in [4.69, 9.17) is 9.47 Å². The van der Waals surface area contributed by atoms with Gasteiger partial charge in [-0.3, -0.25) is 4.79 Å². The summed E-state index contributed by atoms with van der Waals surface area (Å²) in [6, 6.07) is 8.74. The largest absolute Gasteiger partial charge is 0.465 e. The minimum atomic E-state index is -4.70. The molecule has 1 fully saturated rings. The van der Waals surface area contributed by atoms with Gasteiger partial charge >= 0.3 is 12.3 Å². The first-order valence-corrected chi connectivity index (χ1v) is 13.0. The summed E-state index contributed by atoms with van der Waals surface area (Å²) >= 11 is 1.26. The van der Waals surface area contributed by atoms with Gasteiger partial charge in [-0.15, -0.1) is 0 Å². The quantitative estimate of drug-likeness (QED) is 0.276. The number of carbonyl (C=O) groups is 2. The van der Waals surface area contributed by atoms with E-state index in [2.05, 4.69) is 30.6 Å². The van der Waals surface area contributed by atoms with Gasteiger partial charge in [-0.2, -0.15) is 13.2 Å². The van der Waals surface area contributed by atoms with Crippen LogP contribution in [0.4, 0.5) is 28.9 Å². The highest BCUT2D eigenvalue weighted by atomic mass is 32.1. The molecule has 1 aliphatic rings. The molecule has 2 amide bonds. The number of fused-ring (bicyclic) bond motifs is 1. The molecule has 1 atom stereocenters. The van der Waals surface area contributed by atoms with E-state index in [1.165, 1.54) is 41.6 Å². The number of carbonyl (C=O) groups excluding carboxylic acids is 1. The van der Waals surface area contributed by atoms with Gasteiger partial charge in [0.25, 0.3) is 0 Å². The lowest BCUT2D eigenvalue weighted by atomic mass is 10.1. The van der Waals surface area contributed by atoms with Crippen LogP contribution in [0.25, 0.3) is 21.5 Å². The molecule has 0 aliphatic carbocycles. The molecule has 4 heterocycles. The third kappa shape index (κ3) is 6.60. The molecule has 1 aromatic carbocycles. The van der Waals surface area contributed by atoms with Crippen molar-refractivity contribution in [1.29, 1.82) is 0 Å². The number of para-hydroxylation sites is 1. The average molecular weight is 590 g/mol. The summed E-state index contributed by atoms with van der Waals surface area (Å²) < 4.78 is 52.7. The van der Waals surface area contributed by atoms with Crippen molar-refractivity contribution in [3.05, 3.63) is 48.4 Å². The third-order valence-corrected chi connectivity index (χ3v) is 6.83. The minimum absolute atomic E-state index is 0.00197. The van der Waals surface area contributed by atoms with Crippen molar-refractivity contribution < 1.29 is 37.3 Å². The number of hydrogen-bond donors (Lipinski definition) is 3. The molecule has 0 radical (unpaired) electrons. The van der Waals surface area contributed by atoms with Gasteiger partial charge in [0.1, 0.15) is 23.4 Å². The van der Waals surface area contributed by atoms with E-state index in [-0.39, 0.29) is 55.1 Å². The Labute approximate surface area is 234 Å². The number of nitrogens with zero attached hydrogens (tertiary/aromatic N) is 5. The first kappa shape index (κ1) is 28.0. The van der Waals surface area contributed by atoms with Gasteiger partial charge < -0.3 is 30.1 Å². The zero-order chi connectivity index (χ0) is 29.1. The van der Waals surface area contributed by atoms with Gasteiger partial charge in [-0.05, 0) is 24.3 Å². The zero-order valence-electron chi connectivity index (χ0n) is 21.3. The molecule has 0 spiro atoms. The maximum Gasteiger partial charge on any atom is 0.433 e. The molecule has 5 rings (SSSR count). The SMILES string of the molecule is CC(=O)Nc1nc2c(Oc3cc(-c4ccc(C(F)(F)F)nc4NCC4CN(C(=O)O)CCO4)ncn3)cccc2s1. The number of halogens is 3. The number of rotatable bonds is 7. The number of amides is 2. The van der Waals surface area contributed by atoms with E-state index < -0.39 is 24.1 Å². The van der Waals surface area contributed by atoms with Crippen LogP contribution in [0.3, 0.4) is 0 Å². The van der Waals surface area contributed by atoms with E-state index in [0.717, 1.165) is 10.8 Å². The Bertz CT molecular complexity index is 1600. The first-order valence-electron chi connectivity index (χ1n) is 12.2. The van der Waals surface area contributed by atoms with Crippen molar-refractivity contribution >= 4 is 44.5 Å². The Morgan fingerprint density at radius 1 is 1.22 bits per heavy atom. The number of aromatic nitrogens is 4. The molecule has 3 N–H and O–H groups in total. The van der Waals surface area contributed by atoms with Gasteiger partial charge in [0.05, 0.1) is 29.6 Å². The van der Waals surface area contributed by atoms with E-state index in [0.29, 0.717) is 16.4 Å². The van der Waals surface area contributed by atoms with Crippen LogP contribution >= 0.6 is 11.3 Å². The fraction of sp³-hybridized carbons (Fsp3) is 0.280. The standard InChI is InChI=1S/C25H22F3N7O5S/c1-13(36)32-23-34-21-17(3-2-4-18(21)41-23)40-20-9-16(30-12-31-20)15-5-6-19(25(26,27)28)33-22(15)29-10-14-11-35(24(37)38)7-8-39-14/h2-6,9,12,14H,7-8,10-11H2,1H3,(H,29,33)(H,37,38)(H,32,34,36). The number of thiazole rings is 1. The number of alkyl halides is 3.